The number of oxazole rings is 1. The van der Waals surface area contributed by atoms with E-state index in [-0.39, 0.29) is 5.91 Å². The van der Waals surface area contributed by atoms with Gasteiger partial charge < -0.3 is 28.5 Å². The molecule has 0 spiro atoms. The first-order chi connectivity index (χ1) is 18.1. The molecule has 0 unspecified atom stereocenters. The molecule has 1 amide bonds. The highest BCUT2D eigenvalue weighted by Crippen LogP contribution is 2.27. The number of hydrogen-bond donors (Lipinski definition) is 1. The number of carbonyl (C=O) groups is 1. The summed E-state index contributed by atoms with van der Waals surface area (Å²) in [5.41, 5.74) is 3.73. The predicted molar refractivity (Wildman–Crippen MR) is 139 cm³/mol. The molecule has 9 nitrogen and oxygen atoms in total. The fourth-order valence-electron chi connectivity index (χ4n) is 4.66. The molecule has 37 heavy (non-hydrogen) atoms. The predicted octanol–water partition coefficient (Wildman–Crippen LogP) is 3.89. The fourth-order valence-corrected chi connectivity index (χ4v) is 4.66. The molecule has 0 saturated carbocycles. The van der Waals surface area contributed by atoms with Gasteiger partial charge in [0.2, 0.25) is 5.89 Å². The lowest BCUT2D eigenvalue weighted by Gasteiger charge is -2.25. The Morgan fingerprint density at radius 3 is 2.73 bits per heavy atom. The van der Waals surface area contributed by atoms with Gasteiger partial charge in [0, 0.05) is 54.9 Å². The number of benzene rings is 2. The van der Waals surface area contributed by atoms with E-state index in [4.69, 9.17) is 18.6 Å². The fraction of sp³-hybridized carbons (Fsp3) is 0.357. The number of nitrogens with one attached hydrogen (secondary N) is 1. The van der Waals surface area contributed by atoms with E-state index in [0.29, 0.717) is 51.0 Å². The quantitative estimate of drug-likeness (QED) is 0.350. The molecule has 2 aromatic heterocycles. The Morgan fingerprint density at radius 2 is 1.92 bits per heavy atom. The SMILES string of the molecule is COc1ccc(CN(CCc2c[nH]c3ccccc23)Cc2nc(C(=O)N3CCOCC3)co2)c(OC)c1. The molecule has 194 valence electrons. The Kier molecular flexibility index (Phi) is 7.72. The van der Waals surface area contributed by atoms with Crippen LogP contribution in [0.1, 0.15) is 27.5 Å². The minimum atomic E-state index is -0.125. The van der Waals surface area contributed by atoms with Gasteiger partial charge in [-0.1, -0.05) is 24.3 Å². The molecule has 1 aliphatic rings. The van der Waals surface area contributed by atoms with Gasteiger partial charge in [0.1, 0.15) is 17.8 Å². The van der Waals surface area contributed by atoms with Crippen molar-refractivity contribution in [2.75, 3.05) is 47.1 Å². The van der Waals surface area contributed by atoms with Crippen molar-refractivity contribution in [3.63, 3.8) is 0 Å². The van der Waals surface area contributed by atoms with Crippen LogP contribution in [-0.4, -0.2) is 72.7 Å². The first kappa shape index (κ1) is 24.9. The summed E-state index contributed by atoms with van der Waals surface area (Å²) in [6, 6.07) is 14.1. The number of para-hydroxylation sites is 1. The van der Waals surface area contributed by atoms with Crippen molar-refractivity contribution in [3.8, 4) is 11.5 Å². The van der Waals surface area contributed by atoms with Crippen LogP contribution in [0.3, 0.4) is 0 Å². The smallest absolute Gasteiger partial charge is 0.275 e. The van der Waals surface area contributed by atoms with E-state index in [0.717, 1.165) is 35.5 Å². The summed E-state index contributed by atoms with van der Waals surface area (Å²) in [5, 5.41) is 1.22. The summed E-state index contributed by atoms with van der Waals surface area (Å²) >= 11 is 0. The van der Waals surface area contributed by atoms with Crippen LogP contribution in [0, 0.1) is 0 Å². The molecule has 0 bridgehead atoms. The summed E-state index contributed by atoms with van der Waals surface area (Å²) in [7, 11) is 3.30. The number of aromatic amines is 1. The minimum Gasteiger partial charge on any atom is -0.497 e. The maximum atomic E-state index is 12.8. The number of amides is 1. The second kappa shape index (κ2) is 11.5. The third-order valence-electron chi connectivity index (χ3n) is 6.69. The van der Waals surface area contributed by atoms with Crippen LogP contribution in [-0.2, 0) is 24.2 Å². The van der Waals surface area contributed by atoms with E-state index in [2.05, 4.69) is 39.3 Å². The lowest BCUT2D eigenvalue weighted by molar-refractivity contribution is 0.0299. The third kappa shape index (κ3) is 5.79. The van der Waals surface area contributed by atoms with Crippen LogP contribution < -0.4 is 9.47 Å². The lowest BCUT2D eigenvalue weighted by Crippen LogP contribution is -2.40. The maximum Gasteiger partial charge on any atom is 0.275 e. The molecule has 0 atom stereocenters. The molecule has 9 heteroatoms. The monoisotopic (exact) mass is 504 g/mol. The van der Waals surface area contributed by atoms with E-state index in [1.807, 2.05) is 24.3 Å². The Hall–Kier alpha value is -3.82. The summed E-state index contributed by atoms with van der Waals surface area (Å²) in [6.45, 7) is 4.04. The van der Waals surface area contributed by atoms with Gasteiger partial charge in [-0.25, -0.2) is 4.98 Å². The second-order valence-electron chi connectivity index (χ2n) is 9.03. The van der Waals surface area contributed by atoms with Gasteiger partial charge in [0.05, 0.1) is 34.0 Å². The first-order valence-electron chi connectivity index (χ1n) is 12.4. The normalized spacial score (nSPS) is 13.9. The van der Waals surface area contributed by atoms with Gasteiger partial charge in [-0.3, -0.25) is 9.69 Å². The zero-order chi connectivity index (χ0) is 25.6. The van der Waals surface area contributed by atoms with Crippen molar-refractivity contribution in [2.24, 2.45) is 0 Å². The van der Waals surface area contributed by atoms with E-state index in [9.17, 15) is 4.79 Å². The zero-order valence-electron chi connectivity index (χ0n) is 21.2. The number of morpholine rings is 1. The Bertz CT molecular complexity index is 1340. The van der Waals surface area contributed by atoms with Crippen LogP contribution in [0.15, 0.2) is 59.3 Å². The average molecular weight is 505 g/mol. The highest BCUT2D eigenvalue weighted by Gasteiger charge is 2.23. The second-order valence-corrected chi connectivity index (χ2v) is 9.03. The standard InChI is InChI=1S/C28H32N4O5/c1-34-22-8-7-21(26(15-22)35-2)17-31(10-9-20-16-29-24-6-4-3-5-23(20)24)18-27-30-25(19-37-27)28(33)32-11-13-36-14-12-32/h3-8,15-16,19,29H,9-14,17-18H2,1-2H3. The van der Waals surface area contributed by atoms with Crippen molar-refractivity contribution >= 4 is 16.8 Å². The summed E-state index contributed by atoms with van der Waals surface area (Å²) in [5.74, 6) is 1.88. The molecule has 1 aliphatic heterocycles. The minimum absolute atomic E-state index is 0.125. The van der Waals surface area contributed by atoms with Crippen molar-refractivity contribution in [1.82, 2.24) is 19.8 Å². The van der Waals surface area contributed by atoms with Crippen LogP contribution in [0.25, 0.3) is 10.9 Å². The largest absolute Gasteiger partial charge is 0.497 e. The summed E-state index contributed by atoms with van der Waals surface area (Å²) in [4.78, 5) is 24.7. The maximum absolute atomic E-state index is 12.8. The highest BCUT2D eigenvalue weighted by molar-refractivity contribution is 5.92. The van der Waals surface area contributed by atoms with E-state index >= 15 is 0 Å². The van der Waals surface area contributed by atoms with Crippen molar-refractivity contribution < 1.29 is 23.4 Å². The highest BCUT2D eigenvalue weighted by atomic mass is 16.5. The lowest BCUT2D eigenvalue weighted by atomic mass is 10.1. The Balaban J connectivity index is 1.34. The van der Waals surface area contributed by atoms with Gasteiger partial charge in [0.25, 0.3) is 5.91 Å². The Morgan fingerprint density at radius 1 is 1.08 bits per heavy atom. The van der Waals surface area contributed by atoms with Crippen molar-refractivity contribution in [1.29, 1.82) is 0 Å². The van der Waals surface area contributed by atoms with Gasteiger partial charge in [-0.15, -0.1) is 0 Å². The number of methoxy groups -OCH3 is 2. The molecule has 1 fully saturated rings. The average Bonchev–Trinajstić information content (AvgIpc) is 3.59. The Labute approximate surface area is 215 Å². The van der Waals surface area contributed by atoms with Crippen LogP contribution in [0.5, 0.6) is 11.5 Å². The van der Waals surface area contributed by atoms with Crippen LogP contribution >= 0.6 is 0 Å². The van der Waals surface area contributed by atoms with Gasteiger partial charge >= 0.3 is 0 Å². The van der Waals surface area contributed by atoms with Gasteiger partial charge in [-0.2, -0.15) is 0 Å². The van der Waals surface area contributed by atoms with E-state index < -0.39 is 0 Å². The number of carbonyl (C=O) groups excluding carboxylic acids is 1. The molecule has 5 rings (SSSR count). The van der Waals surface area contributed by atoms with Gasteiger partial charge in [0.15, 0.2) is 5.69 Å². The molecular weight excluding hydrogens is 472 g/mol. The number of H-pyrrole nitrogens is 1. The number of rotatable bonds is 10. The topological polar surface area (TPSA) is 93.1 Å². The molecule has 1 N–H and O–H groups in total. The first-order valence-corrected chi connectivity index (χ1v) is 12.4. The number of ether oxygens (including phenoxy) is 3. The third-order valence-corrected chi connectivity index (χ3v) is 6.69. The number of hydrogen-bond acceptors (Lipinski definition) is 7. The van der Waals surface area contributed by atoms with E-state index in [1.54, 1.807) is 19.1 Å². The summed E-state index contributed by atoms with van der Waals surface area (Å²) in [6.07, 6.45) is 4.36. The number of nitrogens with zero attached hydrogens (tertiary/aromatic N) is 3. The molecule has 4 aromatic rings. The molecular formula is C28H32N4O5. The van der Waals surface area contributed by atoms with Crippen LogP contribution in [0.2, 0.25) is 0 Å². The number of fused-ring (bicyclic) bond motifs is 1. The molecule has 0 aliphatic carbocycles. The molecule has 3 heterocycles. The molecule has 2 aromatic carbocycles. The van der Waals surface area contributed by atoms with Gasteiger partial charge in [-0.05, 0) is 24.1 Å². The zero-order valence-corrected chi connectivity index (χ0v) is 21.2. The van der Waals surface area contributed by atoms with Crippen LogP contribution in [0.4, 0.5) is 0 Å². The molecule has 1 saturated heterocycles. The van der Waals surface area contributed by atoms with Crippen molar-refractivity contribution in [2.45, 2.75) is 19.5 Å². The summed E-state index contributed by atoms with van der Waals surface area (Å²) < 4.78 is 22.1. The number of aromatic nitrogens is 2. The molecule has 0 radical (unpaired) electrons. The van der Waals surface area contributed by atoms with Crippen molar-refractivity contribution in [3.05, 3.63) is 77.6 Å². The van der Waals surface area contributed by atoms with E-state index in [1.165, 1.54) is 17.2 Å².